The number of aromatic nitrogens is 1. The van der Waals surface area contributed by atoms with Crippen LogP contribution in [0.1, 0.15) is 45.6 Å². The van der Waals surface area contributed by atoms with Crippen LogP contribution in [-0.2, 0) is 11.3 Å². The highest BCUT2D eigenvalue weighted by Crippen LogP contribution is 2.34. The van der Waals surface area contributed by atoms with E-state index in [1.54, 1.807) is 0 Å². The summed E-state index contributed by atoms with van der Waals surface area (Å²) in [6.45, 7) is 8.36. The molecule has 0 spiro atoms. The first kappa shape index (κ1) is 15.8. The maximum Gasteiger partial charge on any atom is 0.222 e. The lowest BCUT2D eigenvalue weighted by Crippen LogP contribution is -2.30. The van der Waals surface area contributed by atoms with Gasteiger partial charge in [0.25, 0.3) is 0 Å². The third kappa shape index (κ3) is 4.19. The monoisotopic (exact) mass is 289 g/mol. The lowest BCUT2D eigenvalue weighted by molar-refractivity contribution is -0.131. The molecule has 1 aliphatic rings. The van der Waals surface area contributed by atoms with E-state index in [9.17, 15) is 4.79 Å². The molecule has 4 heteroatoms. The minimum absolute atomic E-state index is 0.277. The highest BCUT2D eigenvalue weighted by molar-refractivity contribution is 5.76. The van der Waals surface area contributed by atoms with Crippen LogP contribution < -0.4 is 5.32 Å². The molecular weight excluding hydrogens is 262 g/mol. The average molecular weight is 289 g/mol. The molecule has 1 aliphatic heterocycles. The van der Waals surface area contributed by atoms with Crippen molar-refractivity contribution in [3.05, 3.63) is 23.9 Å². The number of amides is 1. The Morgan fingerprint density at radius 3 is 2.67 bits per heavy atom. The molecule has 21 heavy (non-hydrogen) atoms. The van der Waals surface area contributed by atoms with E-state index in [4.69, 9.17) is 0 Å². The zero-order valence-electron chi connectivity index (χ0n) is 13.6. The predicted molar refractivity (Wildman–Crippen MR) is 86.0 cm³/mol. The Morgan fingerprint density at radius 1 is 1.33 bits per heavy atom. The molecule has 1 atom stereocenters. The molecule has 1 aromatic heterocycles. The van der Waals surface area contributed by atoms with Crippen LogP contribution in [0.4, 0.5) is 5.82 Å². The summed E-state index contributed by atoms with van der Waals surface area (Å²) in [4.78, 5) is 18.6. The van der Waals surface area contributed by atoms with Crippen molar-refractivity contribution < 1.29 is 4.79 Å². The molecule has 1 fully saturated rings. The fourth-order valence-corrected chi connectivity index (χ4v) is 2.96. The van der Waals surface area contributed by atoms with Crippen LogP contribution in [-0.4, -0.2) is 29.4 Å². The zero-order chi connectivity index (χ0) is 15.5. The largest absolute Gasteiger partial charge is 0.373 e. The van der Waals surface area contributed by atoms with Gasteiger partial charge in [-0.25, -0.2) is 4.98 Å². The molecule has 116 valence electrons. The molecule has 2 rings (SSSR count). The summed E-state index contributed by atoms with van der Waals surface area (Å²) in [6, 6.07) is 3.99. The van der Waals surface area contributed by atoms with Gasteiger partial charge in [-0.2, -0.15) is 0 Å². The minimum atomic E-state index is 0.277. The first-order valence-electron chi connectivity index (χ1n) is 7.80. The number of rotatable bonds is 3. The number of pyridine rings is 1. The van der Waals surface area contributed by atoms with E-state index in [2.05, 4.69) is 31.1 Å². The zero-order valence-corrected chi connectivity index (χ0v) is 13.6. The van der Waals surface area contributed by atoms with Gasteiger partial charge in [0.15, 0.2) is 0 Å². The number of nitrogens with zero attached hydrogens (tertiary/aromatic N) is 2. The van der Waals surface area contributed by atoms with Crippen LogP contribution in [0.15, 0.2) is 18.3 Å². The quantitative estimate of drug-likeness (QED) is 0.928. The molecule has 1 amide bonds. The summed E-state index contributed by atoms with van der Waals surface area (Å²) >= 11 is 0. The smallest absolute Gasteiger partial charge is 0.222 e. The summed E-state index contributed by atoms with van der Waals surface area (Å²) in [5.74, 6) is 1.75. The maximum absolute atomic E-state index is 12.3. The van der Waals surface area contributed by atoms with Crippen molar-refractivity contribution in [2.24, 2.45) is 11.3 Å². The number of anilines is 1. The SMILES string of the molecule is CNc1ccc(CN2CCC(C(C)(C)C)CCC2=O)cn1. The predicted octanol–water partition coefficient (Wildman–Crippen LogP) is 3.30. The van der Waals surface area contributed by atoms with E-state index in [1.807, 2.05) is 30.3 Å². The molecule has 0 saturated carbocycles. The van der Waals surface area contributed by atoms with Crippen molar-refractivity contribution in [2.75, 3.05) is 18.9 Å². The summed E-state index contributed by atoms with van der Waals surface area (Å²) < 4.78 is 0. The van der Waals surface area contributed by atoms with Crippen molar-refractivity contribution in [1.29, 1.82) is 0 Å². The van der Waals surface area contributed by atoms with Crippen LogP contribution in [0.2, 0.25) is 0 Å². The van der Waals surface area contributed by atoms with Gasteiger partial charge in [0.05, 0.1) is 0 Å². The Morgan fingerprint density at radius 2 is 2.10 bits per heavy atom. The number of nitrogens with one attached hydrogen (secondary N) is 1. The van der Waals surface area contributed by atoms with E-state index in [0.29, 0.717) is 18.9 Å². The first-order valence-corrected chi connectivity index (χ1v) is 7.80. The molecule has 1 aromatic rings. The van der Waals surface area contributed by atoms with Gasteiger partial charge in [0.1, 0.15) is 5.82 Å². The number of likely N-dealkylation sites (tertiary alicyclic amines) is 1. The topological polar surface area (TPSA) is 45.2 Å². The van der Waals surface area contributed by atoms with Crippen LogP contribution in [0.25, 0.3) is 0 Å². The highest BCUT2D eigenvalue weighted by Gasteiger charge is 2.29. The standard InChI is InChI=1S/C17H27N3O/c1-17(2,3)14-6-8-16(21)20(10-9-14)12-13-5-7-15(18-4)19-11-13/h5,7,11,14H,6,8-10,12H2,1-4H3,(H,18,19). The van der Waals surface area contributed by atoms with Crippen molar-refractivity contribution in [3.63, 3.8) is 0 Å². The second-order valence-corrected chi connectivity index (χ2v) is 7.01. The molecule has 0 aromatic carbocycles. The molecule has 0 aliphatic carbocycles. The Labute approximate surface area is 127 Å². The van der Waals surface area contributed by atoms with E-state index >= 15 is 0 Å². The summed E-state index contributed by atoms with van der Waals surface area (Å²) in [5, 5.41) is 3.01. The Bertz CT molecular complexity index is 476. The van der Waals surface area contributed by atoms with Crippen molar-refractivity contribution in [2.45, 2.75) is 46.6 Å². The van der Waals surface area contributed by atoms with Crippen molar-refractivity contribution in [3.8, 4) is 0 Å². The van der Waals surface area contributed by atoms with Gasteiger partial charge in [-0.15, -0.1) is 0 Å². The summed E-state index contributed by atoms with van der Waals surface area (Å²) in [6.07, 6.45) is 4.63. The first-order chi connectivity index (χ1) is 9.90. The Balaban J connectivity index is 2.00. The van der Waals surface area contributed by atoms with Gasteiger partial charge in [-0.1, -0.05) is 26.8 Å². The highest BCUT2D eigenvalue weighted by atomic mass is 16.2. The van der Waals surface area contributed by atoms with E-state index in [1.165, 1.54) is 0 Å². The molecule has 1 N–H and O–H groups in total. The fraction of sp³-hybridized carbons (Fsp3) is 0.647. The van der Waals surface area contributed by atoms with Crippen molar-refractivity contribution in [1.82, 2.24) is 9.88 Å². The molecule has 0 bridgehead atoms. The Hall–Kier alpha value is -1.58. The number of hydrogen-bond donors (Lipinski definition) is 1. The second-order valence-electron chi connectivity index (χ2n) is 7.01. The minimum Gasteiger partial charge on any atom is -0.373 e. The fourth-order valence-electron chi connectivity index (χ4n) is 2.96. The second kappa shape index (κ2) is 6.46. The lowest BCUT2D eigenvalue weighted by Gasteiger charge is -2.29. The number of hydrogen-bond acceptors (Lipinski definition) is 3. The average Bonchev–Trinajstić information content (AvgIpc) is 2.62. The number of carbonyl (C=O) groups is 1. The molecule has 1 saturated heterocycles. The van der Waals surface area contributed by atoms with Crippen LogP contribution in [0, 0.1) is 11.3 Å². The molecular formula is C17H27N3O. The third-order valence-corrected chi connectivity index (χ3v) is 4.49. The van der Waals surface area contributed by atoms with E-state index < -0.39 is 0 Å². The van der Waals surface area contributed by atoms with E-state index in [-0.39, 0.29) is 11.3 Å². The van der Waals surface area contributed by atoms with Crippen molar-refractivity contribution >= 4 is 11.7 Å². The van der Waals surface area contributed by atoms with Gasteiger partial charge >= 0.3 is 0 Å². The Kier molecular flexibility index (Phi) is 4.86. The summed E-state index contributed by atoms with van der Waals surface area (Å²) in [7, 11) is 1.85. The van der Waals surface area contributed by atoms with Crippen LogP contribution in [0.3, 0.4) is 0 Å². The van der Waals surface area contributed by atoms with Gasteiger partial charge in [-0.3, -0.25) is 4.79 Å². The summed E-state index contributed by atoms with van der Waals surface area (Å²) in [5.41, 5.74) is 1.38. The normalized spacial score (nSPS) is 20.3. The number of carbonyl (C=O) groups excluding carboxylic acids is 1. The molecule has 2 heterocycles. The third-order valence-electron chi connectivity index (χ3n) is 4.49. The lowest BCUT2D eigenvalue weighted by atomic mass is 9.77. The van der Waals surface area contributed by atoms with Gasteiger partial charge in [0.2, 0.25) is 5.91 Å². The van der Waals surface area contributed by atoms with Crippen LogP contribution in [0.5, 0.6) is 0 Å². The molecule has 4 nitrogen and oxygen atoms in total. The maximum atomic E-state index is 12.3. The van der Waals surface area contributed by atoms with Gasteiger partial charge in [0, 0.05) is 32.8 Å². The van der Waals surface area contributed by atoms with Gasteiger partial charge in [-0.05, 0) is 35.8 Å². The van der Waals surface area contributed by atoms with Crippen LogP contribution >= 0.6 is 0 Å². The van der Waals surface area contributed by atoms with Gasteiger partial charge < -0.3 is 10.2 Å². The molecule has 1 unspecified atom stereocenters. The van der Waals surface area contributed by atoms with E-state index in [0.717, 1.165) is 30.8 Å². The molecule has 0 radical (unpaired) electrons.